The smallest absolute Gasteiger partial charge is 0.320 e. The first-order chi connectivity index (χ1) is 7.78. The van der Waals surface area contributed by atoms with Crippen LogP contribution in [0.3, 0.4) is 0 Å². The predicted molar refractivity (Wildman–Crippen MR) is 54.0 cm³/mol. The highest BCUT2D eigenvalue weighted by Gasteiger charge is 2.48. The Morgan fingerprint density at radius 3 is 2.65 bits per heavy atom. The molecule has 6 N–H and O–H groups in total. The topological polar surface area (TPSA) is 139 Å². The second kappa shape index (κ2) is 5.25. The number of hydrogen-bond donors (Lipinski definition) is 6. The summed E-state index contributed by atoms with van der Waals surface area (Å²) in [5.74, 6) is -3.25. The molecule has 0 aromatic heterocycles. The maximum absolute atomic E-state index is 10.5. The summed E-state index contributed by atoms with van der Waals surface area (Å²) >= 11 is 0. The van der Waals surface area contributed by atoms with E-state index in [-0.39, 0.29) is 13.2 Å². The van der Waals surface area contributed by atoms with Crippen molar-refractivity contribution in [2.24, 2.45) is 0 Å². The van der Waals surface area contributed by atoms with E-state index in [2.05, 4.69) is 5.32 Å². The number of carboxylic acid groups (broad SMARTS) is 1. The van der Waals surface area contributed by atoms with Gasteiger partial charge in [-0.2, -0.15) is 0 Å². The van der Waals surface area contributed by atoms with Gasteiger partial charge < -0.3 is 30.3 Å². The molecule has 8 nitrogen and oxygen atoms in total. The van der Waals surface area contributed by atoms with E-state index in [1.54, 1.807) is 0 Å². The fourth-order valence-corrected chi connectivity index (χ4v) is 1.43. The summed E-state index contributed by atoms with van der Waals surface area (Å²) < 4.78 is 4.83. The molecule has 1 aliphatic heterocycles. The lowest BCUT2D eigenvalue weighted by Crippen LogP contribution is -2.65. The minimum atomic E-state index is -2.12. The number of aliphatic carboxylic acids is 1. The number of carboxylic acids is 1. The van der Waals surface area contributed by atoms with Crippen molar-refractivity contribution >= 4 is 5.97 Å². The summed E-state index contributed by atoms with van der Waals surface area (Å²) in [7, 11) is 0. The molecule has 0 spiro atoms. The first-order valence-electron chi connectivity index (χ1n) is 5.14. The van der Waals surface area contributed by atoms with Crippen LogP contribution < -0.4 is 5.32 Å². The molecule has 1 rings (SSSR count). The maximum atomic E-state index is 10.5. The molecular weight excluding hydrogens is 234 g/mol. The molecule has 5 atom stereocenters. The lowest BCUT2D eigenvalue weighted by atomic mass is 9.96. The molecule has 0 radical (unpaired) electrons. The van der Waals surface area contributed by atoms with Crippen LogP contribution in [0.25, 0.3) is 0 Å². The van der Waals surface area contributed by atoms with Gasteiger partial charge in [0.05, 0.1) is 13.2 Å². The second-order valence-corrected chi connectivity index (χ2v) is 4.10. The van der Waals surface area contributed by atoms with Gasteiger partial charge in [0.1, 0.15) is 24.4 Å². The second-order valence-electron chi connectivity index (χ2n) is 4.10. The zero-order valence-electron chi connectivity index (χ0n) is 9.28. The fraction of sp³-hybridized carbons (Fsp3) is 0.889. The third kappa shape index (κ3) is 3.12. The molecule has 100 valence electrons. The van der Waals surface area contributed by atoms with Gasteiger partial charge >= 0.3 is 5.97 Å². The zero-order chi connectivity index (χ0) is 13.2. The highest BCUT2D eigenvalue weighted by molar-refractivity contribution is 5.72. The first-order valence-corrected chi connectivity index (χ1v) is 5.14. The Balaban J connectivity index is 2.59. The Kier molecular flexibility index (Phi) is 4.42. The van der Waals surface area contributed by atoms with Gasteiger partial charge in [-0.05, 0) is 6.92 Å². The van der Waals surface area contributed by atoms with E-state index in [1.165, 1.54) is 6.92 Å². The number of aliphatic hydroxyl groups is 4. The molecule has 0 aromatic rings. The molecule has 1 heterocycles. The van der Waals surface area contributed by atoms with Gasteiger partial charge in [-0.15, -0.1) is 0 Å². The van der Waals surface area contributed by atoms with Crippen LogP contribution in [0.2, 0.25) is 0 Å². The lowest BCUT2D eigenvalue weighted by molar-refractivity contribution is -0.318. The van der Waals surface area contributed by atoms with Gasteiger partial charge in [0.15, 0.2) is 0 Å². The molecule has 0 bridgehead atoms. The van der Waals surface area contributed by atoms with Crippen LogP contribution in [0, 0.1) is 0 Å². The van der Waals surface area contributed by atoms with Gasteiger partial charge in [0.2, 0.25) is 5.79 Å². The highest BCUT2D eigenvalue weighted by Crippen LogP contribution is 2.23. The molecule has 17 heavy (non-hydrogen) atoms. The van der Waals surface area contributed by atoms with E-state index in [0.717, 1.165) is 0 Å². The Bertz CT molecular complexity index is 287. The van der Waals surface area contributed by atoms with E-state index >= 15 is 0 Å². The normalized spacial score (nSPS) is 39.9. The molecule has 1 saturated heterocycles. The van der Waals surface area contributed by atoms with Crippen LogP contribution >= 0.6 is 0 Å². The number of ether oxygens (including phenoxy) is 1. The highest BCUT2D eigenvalue weighted by atomic mass is 16.6. The monoisotopic (exact) mass is 251 g/mol. The van der Waals surface area contributed by atoms with Gasteiger partial charge in [-0.3, -0.25) is 10.1 Å². The van der Waals surface area contributed by atoms with E-state index in [9.17, 15) is 25.2 Å². The third-order valence-corrected chi connectivity index (χ3v) is 2.72. The van der Waals surface area contributed by atoms with Gasteiger partial charge in [0.25, 0.3) is 0 Å². The van der Waals surface area contributed by atoms with E-state index < -0.39 is 36.1 Å². The Hall–Kier alpha value is -0.770. The summed E-state index contributed by atoms with van der Waals surface area (Å²) in [6.07, 6.45) is -4.56. The maximum Gasteiger partial charge on any atom is 0.320 e. The van der Waals surface area contributed by atoms with Crippen molar-refractivity contribution in [2.45, 2.75) is 37.1 Å². The molecule has 0 saturated carbocycles. The SMILES string of the molecule is CC(NC[C@@]1(O)OC[C@@H](O)[C@@H](O)[C@@H]1O)C(=O)O. The molecule has 8 heteroatoms. The van der Waals surface area contributed by atoms with Crippen LogP contribution in [0.15, 0.2) is 0 Å². The molecule has 1 fully saturated rings. The largest absolute Gasteiger partial charge is 0.480 e. The zero-order valence-corrected chi connectivity index (χ0v) is 9.28. The van der Waals surface area contributed by atoms with Crippen molar-refractivity contribution in [1.82, 2.24) is 5.32 Å². The number of hydrogen-bond acceptors (Lipinski definition) is 7. The quantitative estimate of drug-likeness (QED) is 0.308. The summed E-state index contributed by atoms with van der Waals surface area (Å²) in [6.45, 7) is 0.620. The number of aliphatic hydroxyl groups excluding tert-OH is 3. The van der Waals surface area contributed by atoms with Gasteiger partial charge in [0, 0.05) is 0 Å². The summed E-state index contributed by atoms with van der Waals surface area (Å²) in [5, 5.41) is 49.0. The molecule has 0 aromatic carbocycles. The molecule has 0 amide bonds. The minimum Gasteiger partial charge on any atom is -0.480 e. The van der Waals surface area contributed by atoms with Crippen LogP contribution in [-0.4, -0.2) is 74.8 Å². The van der Waals surface area contributed by atoms with Crippen molar-refractivity contribution in [3.63, 3.8) is 0 Å². The fourth-order valence-electron chi connectivity index (χ4n) is 1.43. The number of nitrogens with one attached hydrogen (secondary N) is 1. The standard InChI is InChI=1S/C9H17NO7/c1-4(8(14)15)10-3-9(16)7(13)6(12)5(11)2-17-9/h4-7,10-13,16H,2-3H2,1H3,(H,14,15)/t4?,5-,6-,7+,9-/m1/s1. The summed E-state index contributed by atoms with van der Waals surface area (Å²) in [4.78, 5) is 10.5. The minimum absolute atomic E-state index is 0.349. The molecular formula is C9H17NO7. The van der Waals surface area contributed by atoms with Crippen molar-refractivity contribution < 1.29 is 35.1 Å². The van der Waals surface area contributed by atoms with Crippen LogP contribution in [-0.2, 0) is 9.53 Å². The van der Waals surface area contributed by atoms with Crippen molar-refractivity contribution in [2.75, 3.05) is 13.2 Å². The Morgan fingerprint density at radius 2 is 2.12 bits per heavy atom. The number of carbonyl (C=O) groups is 1. The van der Waals surface area contributed by atoms with Crippen molar-refractivity contribution in [1.29, 1.82) is 0 Å². The van der Waals surface area contributed by atoms with Crippen molar-refractivity contribution in [3.8, 4) is 0 Å². The predicted octanol–water partition coefficient (Wildman–Crippen LogP) is -3.15. The summed E-state index contributed by atoms with van der Waals surface area (Å²) in [6, 6.07) is -0.946. The molecule has 0 aliphatic carbocycles. The molecule has 1 unspecified atom stereocenters. The van der Waals surface area contributed by atoms with E-state index in [4.69, 9.17) is 9.84 Å². The third-order valence-electron chi connectivity index (χ3n) is 2.72. The van der Waals surface area contributed by atoms with Crippen molar-refractivity contribution in [3.05, 3.63) is 0 Å². The number of rotatable bonds is 4. The Labute approximate surface area is 97.4 Å². The van der Waals surface area contributed by atoms with E-state index in [0.29, 0.717) is 0 Å². The lowest BCUT2D eigenvalue weighted by Gasteiger charge is -2.41. The Morgan fingerprint density at radius 1 is 1.53 bits per heavy atom. The average Bonchev–Trinajstić information content (AvgIpc) is 2.29. The average molecular weight is 251 g/mol. The van der Waals surface area contributed by atoms with Crippen LogP contribution in [0.5, 0.6) is 0 Å². The van der Waals surface area contributed by atoms with Gasteiger partial charge in [-0.25, -0.2) is 0 Å². The van der Waals surface area contributed by atoms with Gasteiger partial charge in [-0.1, -0.05) is 0 Å². The van der Waals surface area contributed by atoms with E-state index in [1.807, 2.05) is 0 Å². The molecule has 1 aliphatic rings. The van der Waals surface area contributed by atoms with Crippen LogP contribution in [0.4, 0.5) is 0 Å². The summed E-state index contributed by atoms with van der Waals surface area (Å²) in [5.41, 5.74) is 0. The van der Waals surface area contributed by atoms with Crippen LogP contribution in [0.1, 0.15) is 6.92 Å². The first kappa shape index (κ1) is 14.3.